The Morgan fingerprint density at radius 3 is 2.71 bits per heavy atom. The SMILES string of the molecule is CC1CCC(O)(CNCC2CCC(=O)N2)CC1. The second kappa shape index (κ2) is 5.36. The maximum Gasteiger partial charge on any atom is 0.220 e. The number of carbonyl (C=O) groups is 1. The van der Waals surface area contributed by atoms with Crippen LogP contribution in [0.15, 0.2) is 0 Å². The van der Waals surface area contributed by atoms with Crippen molar-refractivity contribution in [1.29, 1.82) is 0 Å². The summed E-state index contributed by atoms with van der Waals surface area (Å²) in [5, 5.41) is 16.6. The average molecular weight is 240 g/mol. The van der Waals surface area contributed by atoms with E-state index in [1.807, 2.05) is 0 Å². The zero-order valence-electron chi connectivity index (χ0n) is 10.7. The van der Waals surface area contributed by atoms with Crippen molar-refractivity contribution in [3.05, 3.63) is 0 Å². The van der Waals surface area contributed by atoms with Crippen molar-refractivity contribution in [2.45, 2.75) is 57.1 Å². The van der Waals surface area contributed by atoms with Gasteiger partial charge in [0.1, 0.15) is 0 Å². The van der Waals surface area contributed by atoms with Gasteiger partial charge in [0, 0.05) is 25.6 Å². The van der Waals surface area contributed by atoms with E-state index in [2.05, 4.69) is 17.6 Å². The molecule has 0 radical (unpaired) electrons. The average Bonchev–Trinajstić information content (AvgIpc) is 2.69. The first-order valence-electron chi connectivity index (χ1n) is 6.80. The van der Waals surface area contributed by atoms with E-state index in [1.165, 1.54) is 0 Å². The van der Waals surface area contributed by atoms with Crippen molar-refractivity contribution in [1.82, 2.24) is 10.6 Å². The summed E-state index contributed by atoms with van der Waals surface area (Å²) in [6, 6.07) is 0.258. The molecule has 1 aliphatic heterocycles. The lowest BCUT2D eigenvalue weighted by atomic mass is 9.79. The maximum atomic E-state index is 11.0. The summed E-state index contributed by atoms with van der Waals surface area (Å²) >= 11 is 0. The highest BCUT2D eigenvalue weighted by molar-refractivity contribution is 5.78. The van der Waals surface area contributed by atoms with Crippen LogP contribution in [-0.2, 0) is 4.79 Å². The number of amides is 1. The van der Waals surface area contributed by atoms with Crippen molar-refractivity contribution >= 4 is 5.91 Å². The van der Waals surface area contributed by atoms with Crippen molar-refractivity contribution < 1.29 is 9.90 Å². The van der Waals surface area contributed by atoms with Crippen molar-refractivity contribution in [3.8, 4) is 0 Å². The summed E-state index contributed by atoms with van der Waals surface area (Å²) in [6.07, 6.45) is 5.61. The van der Waals surface area contributed by atoms with Crippen LogP contribution in [-0.4, -0.2) is 35.7 Å². The predicted octanol–water partition coefficient (Wildman–Crippen LogP) is 0.796. The molecule has 3 N–H and O–H groups in total. The van der Waals surface area contributed by atoms with Crippen LogP contribution >= 0.6 is 0 Å². The van der Waals surface area contributed by atoms with Gasteiger partial charge in [-0.1, -0.05) is 6.92 Å². The fraction of sp³-hybridized carbons (Fsp3) is 0.923. The van der Waals surface area contributed by atoms with Crippen LogP contribution in [0.2, 0.25) is 0 Å². The second-order valence-electron chi connectivity index (χ2n) is 5.84. The van der Waals surface area contributed by atoms with Gasteiger partial charge in [-0.3, -0.25) is 4.79 Å². The van der Waals surface area contributed by atoms with E-state index < -0.39 is 5.60 Å². The number of aliphatic hydroxyl groups is 1. The highest BCUT2D eigenvalue weighted by Gasteiger charge is 2.31. The minimum absolute atomic E-state index is 0.155. The molecule has 17 heavy (non-hydrogen) atoms. The number of hydrogen-bond acceptors (Lipinski definition) is 3. The maximum absolute atomic E-state index is 11.0. The van der Waals surface area contributed by atoms with E-state index in [-0.39, 0.29) is 11.9 Å². The lowest BCUT2D eigenvalue weighted by Crippen LogP contribution is -2.46. The van der Waals surface area contributed by atoms with Crippen molar-refractivity contribution in [2.75, 3.05) is 13.1 Å². The van der Waals surface area contributed by atoms with Crippen LogP contribution in [0.5, 0.6) is 0 Å². The molecule has 2 rings (SSSR count). The molecule has 1 saturated carbocycles. The molecule has 1 amide bonds. The molecule has 0 bridgehead atoms. The van der Waals surface area contributed by atoms with E-state index in [0.29, 0.717) is 13.0 Å². The Hall–Kier alpha value is -0.610. The molecule has 2 fully saturated rings. The molecule has 2 aliphatic rings. The smallest absolute Gasteiger partial charge is 0.220 e. The molecule has 0 aromatic rings. The Morgan fingerprint density at radius 2 is 2.12 bits per heavy atom. The summed E-state index contributed by atoms with van der Waals surface area (Å²) in [7, 11) is 0. The van der Waals surface area contributed by atoms with Gasteiger partial charge in [-0.15, -0.1) is 0 Å². The van der Waals surface area contributed by atoms with E-state index in [0.717, 1.165) is 44.6 Å². The van der Waals surface area contributed by atoms with Gasteiger partial charge in [0.15, 0.2) is 0 Å². The molecule has 98 valence electrons. The summed E-state index contributed by atoms with van der Waals surface area (Å²) in [6.45, 7) is 3.69. The van der Waals surface area contributed by atoms with E-state index >= 15 is 0 Å². The van der Waals surface area contributed by atoms with Gasteiger partial charge in [0.25, 0.3) is 0 Å². The fourth-order valence-electron chi connectivity index (χ4n) is 2.79. The molecule has 4 nitrogen and oxygen atoms in total. The Kier molecular flexibility index (Phi) is 4.05. The third kappa shape index (κ3) is 3.68. The normalized spacial score (nSPS) is 38.1. The summed E-state index contributed by atoms with van der Waals surface area (Å²) in [5.74, 6) is 0.909. The van der Waals surface area contributed by atoms with Crippen LogP contribution in [0.4, 0.5) is 0 Å². The van der Waals surface area contributed by atoms with Gasteiger partial charge in [-0.2, -0.15) is 0 Å². The quantitative estimate of drug-likeness (QED) is 0.681. The van der Waals surface area contributed by atoms with Gasteiger partial charge < -0.3 is 15.7 Å². The monoisotopic (exact) mass is 240 g/mol. The number of rotatable bonds is 4. The minimum Gasteiger partial charge on any atom is -0.389 e. The van der Waals surface area contributed by atoms with Gasteiger partial charge in [-0.25, -0.2) is 0 Å². The Bertz CT molecular complexity index is 273. The molecule has 1 saturated heterocycles. The molecule has 0 aromatic carbocycles. The third-order valence-corrected chi connectivity index (χ3v) is 4.13. The minimum atomic E-state index is -0.519. The standard InChI is InChI=1S/C13H24N2O2/c1-10-4-6-13(17,7-5-10)9-14-8-11-2-3-12(16)15-11/h10-11,14,17H,2-9H2,1H3,(H,15,16). The molecule has 1 aliphatic carbocycles. The van der Waals surface area contributed by atoms with Gasteiger partial charge in [-0.05, 0) is 38.0 Å². The molecule has 1 heterocycles. The fourth-order valence-corrected chi connectivity index (χ4v) is 2.79. The van der Waals surface area contributed by atoms with Gasteiger partial charge >= 0.3 is 0 Å². The van der Waals surface area contributed by atoms with Crippen molar-refractivity contribution in [3.63, 3.8) is 0 Å². The van der Waals surface area contributed by atoms with Crippen LogP contribution < -0.4 is 10.6 Å². The Morgan fingerprint density at radius 1 is 1.41 bits per heavy atom. The zero-order valence-corrected chi connectivity index (χ0v) is 10.7. The second-order valence-corrected chi connectivity index (χ2v) is 5.84. The first-order chi connectivity index (χ1) is 8.07. The predicted molar refractivity (Wildman–Crippen MR) is 66.6 cm³/mol. The van der Waals surface area contributed by atoms with E-state index in [1.54, 1.807) is 0 Å². The largest absolute Gasteiger partial charge is 0.389 e. The highest BCUT2D eigenvalue weighted by Crippen LogP contribution is 2.31. The van der Waals surface area contributed by atoms with Crippen molar-refractivity contribution in [2.24, 2.45) is 5.92 Å². The molecule has 1 atom stereocenters. The number of carbonyl (C=O) groups excluding carboxylic acids is 1. The van der Waals surface area contributed by atoms with E-state index in [4.69, 9.17) is 0 Å². The van der Waals surface area contributed by atoms with E-state index in [9.17, 15) is 9.90 Å². The summed E-state index contributed by atoms with van der Waals surface area (Å²) in [5.41, 5.74) is -0.519. The van der Waals surface area contributed by atoms with Gasteiger partial charge in [0.2, 0.25) is 5.91 Å². The molecule has 0 spiro atoms. The zero-order chi connectivity index (χ0) is 12.3. The lowest BCUT2D eigenvalue weighted by Gasteiger charge is -2.35. The van der Waals surface area contributed by atoms with Crippen LogP contribution in [0.1, 0.15) is 45.4 Å². The lowest BCUT2D eigenvalue weighted by molar-refractivity contribution is -0.119. The van der Waals surface area contributed by atoms with Crippen LogP contribution in [0.25, 0.3) is 0 Å². The summed E-state index contributed by atoms with van der Waals surface area (Å²) in [4.78, 5) is 11.0. The molecule has 4 heteroatoms. The summed E-state index contributed by atoms with van der Waals surface area (Å²) < 4.78 is 0. The molecule has 0 aromatic heterocycles. The highest BCUT2D eigenvalue weighted by atomic mass is 16.3. The number of nitrogens with one attached hydrogen (secondary N) is 2. The topological polar surface area (TPSA) is 61.4 Å². The first-order valence-corrected chi connectivity index (χ1v) is 6.80. The molecular formula is C13H24N2O2. The van der Waals surface area contributed by atoms with Gasteiger partial charge in [0.05, 0.1) is 5.60 Å². The molecule has 1 unspecified atom stereocenters. The van der Waals surface area contributed by atoms with Crippen LogP contribution in [0, 0.1) is 5.92 Å². The third-order valence-electron chi connectivity index (χ3n) is 4.13. The first kappa shape index (κ1) is 12.8. The Labute approximate surface area is 103 Å². The number of hydrogen-bond donors (Lipinski definition) is 3. The Balaban J connectivity index is 1.66. The van der Waals surface area contributed by atoms with Crippen LogP contribution in [0.3, 0.4) is 0 Å². The molecular weight excluding hydrogens is 216 g/mol.